The van der Waals surface area contributed by atoms with Gasteiger partial charge in [0, 0.05) is 0 Å². The third-order valence-corrected chi connectivity index (χ3v) is 8.21. The lowest BCUT2D eigenvalue weighted by Gasteiger charge is -2.15. The summed E-state index contributed by atoms with van der Waals surface area (Å²) in [7, 11) is -5.42. The molecule has 0 N–H and O–H groups in total. The van der Waals surface area contributed by atoms with Crippen LogP contribution >= 0.6 is 0 Å². The van der Waals surface area contributed by atoms with E-state index in [1.54, 1.807) is 0 Å². The zero-order chi connectivity index (χ0) is 26.4. The van der Waals surface area contributed by atoms with E-state index >= 15 is 0 Å². The van der Waals surface area contributed by atoms with Gasteiger partial charge in [-0.15, -0.1) is 0 Å². The monoisotopic (exact) mass is 630 g/mol. The molecule has 0 aliphatic rings. The average molecular weight is 630 g/mol. The normalized spacial score (nSPS) is 12.1. The minimum absolute atomic E-state index is 0.00746. The molecule has 0 radical (unpaired) electrons. The molecule has 0 saturated carbocycles. The summed E-state index contributed by atoms with van der Waals surface area (Å²) in [6.07, 6.45) is -8.13. The molecule has 0 fully saturated rings. The van der Waals surface area contributed by atoms with Crippen molar-refractivity contribution in [3.63, 3.8) is 0 Å². The van der Waals surface area contributed by atoms with Gasteiger partial charge in [-0.25, -0.2) is 8.42 Å². The van der Waals surface area contributed by atoms with Gasteiger partial charge in [-0.05, 0) is 66.4 Å². The zero-order valence-electron chi connectivity index (χ0n) is 18.5. The molecule has 11 heteroatoms. The summed E-state index contributed by atoms with van der Waals surface area (Å²) >= 11 is -0.00746. The van der Waals surface area contributed by atoms with Crippen molar-refractivity contribution in [2.24, 2.45) is 0 Å². The fourth-order valence-electron chi connectivity index (χ4n) is 2.76. The molecule has 3 aromatic carbocycles. The smallest absolute Gasteiger partial charge is 0.416 e. The maximum absolute atomic E-state index is 12.3. The number of aryl methyl sites for hydroxylation is 2. The minimum Gasteiger partial charge on any atom is -0.744 e. The van der Waals surface area contributed by atoms with Gasteiger partial charge in [0.1, 0.15) is 10.1 Å². The number of alkyl halides is 6. The van der Waals surface area contributed by atoms with Crippen LogP contribution in [0.15, 0.2) is 71.6 Å². The van der Waals surface area contributed by atoms with Gasteiger partial charge in [0.15, 0.2) is 7.14 Å². The van der Waals surface area contributed by atoms with Crippen molar-refractivity contribution >= 4 is 10.1 Å². The molecule has 0 unspecified atom stereocenters. The lowest BCUT2D eigenvalue weighted by molar-refractivity contribution is -0.597. The summed E-state index contributed by atoms with van der Waals surface area (Å²) in [5, 5.41) is 0. The maximum Gasteiger partial charge on any atom is 0.416 e. The van der Waals surface area contributed by atoms with E-state index in [1.807, 2.05) is 0 Å². The Bertz CT molecular complexity index is 1140. The van der Waals surface area contributed by atoms with E-state index in [0.717, 1.165) is 12.8 Å². The molecule has 0 saturated heterocycles. The number of hydrogen-bond acceptors (Lipinski definition) is 3. The summed E-state index contributed by atoms with van der Waals surface area (Å²) < 4.78 is 108. The molecule has 0 bridgehead atoms. The molecule has 0 aliphatic heterocycles. The zero-order valence-corrected chi connectivity index (χ0v) is 21.5. The van der Waals surface area contributed by atoms with E-state index in [9.17, 15) is 39.3 Å². The van der Waals surface area contributed by atoms with Crippen LogP contribution in [0.2, 0.25) is 0 Å². The molecule has 3 nitrogen and oxygen atoms in total. The highest BCUT2D eigenvalue weighted by Crippen LogP contribution is 2.37. The number of halogens is 7. The van der Waals surface area contributed by atoms with Crippen molar-refractivity contribution < 1.29 is 60.5 Å². The Morgan fingerprint density at radius 1 is 0.686 bits per heavy atom. The highest BCUT2D eigenvalue weighted by Gasteiger charge is 2.37. The number of hydrogen-bond donors (Lipinski definition) is 0. The first-order valence-corrected chi connectivity index (χ1v) is 13.8. The van der Waals surface area contributed by atoms with E-state index < -0.39 is 38.5 Å². The maximum atomic E-state index is 12.3. The molecule has 0 atom stereocenters. The first-order valence-electron chi connectivity index (χ1n) is 10.2. The van der Waals surface area contributed by atoms with Crippen molar-refractivity contribution in [2.45, 2.75) is 43.9 Å². The largest absolute Gasteiger partial charge is 0.744 e. The van der Waals surface area contributed by atoms with Gasteiger partial charge < -0.3 is 4.55 Å². The highest BCUT2D eigenvalue weighted by molar-refractivity contribution is 7.85. The third-order valence-electron chi connectivity index (χ3n) is 4.71. The van der Waals surface area contributed by atoms with Gasteiger partial charge in [-0.3, -0.25) is 0 Å². The van der Waals surface area contributed by atoms with Crippen LogP contribution in [-0.2, 0) is 35.3 Å². The van der Waals surface area contributed by atoms with Crippen molar-refractivity contribution in [1.29, 1.82) is 0 Å². The fraction of sp³-hybridized carbons (Fsp3) is 0.250. The summed E-state index contributed by atoms with van der Waals surface area (Å²) in [5.41, 5.74) is -0.850. The SMILES string of the molecule is CCc1ccc([I+]c2ccc(CC)cc2)cc1.O=S(=O)([O-])c1cc(C(F)(F)F)cc(C(F)(F)F)c1. The molecular weight excluding hydrogens is 609 g/mol. The average Bonchev–Trinajstić information content (AvgIpc) is 2.78. The third kappa shape index (κ3) is 9.12. The van der Waals surface area contributed by atoms with Crippen LogP contribution in [0, 0.1) is 7.14 Å². The van der Waals surface area contributed by atoms with E-state index in [4.69, 9.17) is 0 Å². The first kappa shape index (κ1) is 29.1. The minimum atomic E-state index is -5.42. The van der Waals surface area contributed by atoms with E-state index in [0.29, 0.717) is 0 Å². The fourth-order valence-corrected chi connectivity index (χ4v) is 5.46. The van der Waals surface area contributed by atoms with Crippen molar-refractivity contribution in [3.8, 4) is 0 Å². The van der Waals surface area contributed by atoms with Crippen LogP contribution in [0.3, 0.4) is 0 Å². The van der Waals surface area contributed by atoms with Crippen LogP contribution in [0.4, 0.5) is 26.3 Å². The van der Waals surface area contributed by atoms with E-state index in [2.05, 4.69) is 62.4 Å². The van der Waals surface area contributed by atoms with E-state index in [1.165, 1.54) is 18.3 Å². The topological polar surface area (TPSA) is 57.2 Å². The Morgan fingerprint density at radius 3 is 1.29 bits per heavy atom. The Kier molecular flexibility index (Phi) is 9.77. The molecule has 0 aromatic heterocycles. The van der Waals surface area contributed by atoms with Gasteiger partial charge in [-0.2, -0.15) is 26.3 Å². The Labute approximate surface area is 210 Å². The van der Waals surface area contributed by atoms with Crippen molar-refractivity contribution in [2.75, 3.05) is 0 Å². The van der Waals surface area contributed by atoms with E-state index in [-0.39, 0.29) is 39.4 Å². The second kappa shape index (κ2) is 11.7. The Hall–Kier alpha value is -2.12. The Morgan fingerprint density at radius 2 is 1.03 bits per heavy atom. The van der Waals surface area contributed by atoms with Gasteiger partial charge in [0.05, 0.1) is 16.0 Å². The van der Waals surface area contributed by atoms with Crippen LogP contribution in [0.1, 0.15) is 36.1 Å². The summed E-state index contributed by atoms with van der Waals surface area (Å²) in [6, 6.07) is 17.7. The molecule has 35 heavy (non-hydrogen) atoms. The van der Waals surface area contributed by atoms with Crippen molar-refractivity contribution in [1.82, 2.24) is 0 Å². The van der Waals surface area contributed by atoms with Crippen LogP contribution in [0.25, 0.3) is 0 Å². The summed E-state index contributed by atoms with van der Waals surface area (Å²) in [5.74, 6) is 0. The molecule has 0 aliphatic carbocycles. The van der Waals surface area contributed by atoms with Crippen LogP contribution in [-0.4, -0.2) is 13.0 Å². The Balaban J connectivity index is 0.000000247. The number of rotatable bonds is 5. The molecule has 3 aromatic rings. The van der Waals surface area contributed by atoms with Crippen LogP contribution in [0.5, 0.6) is 0 Å². The predicted molar refractivity (Wildman–Crippen MR) is 113 cm³/mol. The quantitative estimate of drug-likeness (QED) is 0.246. The second-order valence-corrected chi connectivity index (χ2v) is 11.7. The standard InChI is InChI=1S/C16H18I.C8H4F6O3S/c1-3-13-5-9-15(10-6-13)17-16-11-7-14(4-2)8-12-16;9-7(10,11)4-1-5(8(12,13)14)3-6(2-4)18(15,16)17/h5-12H,3-4H2,1-2H3;1-3H,(H,15,16,17)/q+1;/p-1. The lowest BCUT2D eigenvalue weighted by atomic mass is 10.1. The second-order valence-electron chi connectivity index (χ2n) is 7.25. The summed E-state index contributed by atoms with van der Waals surface area (Å²) in [6.45, 7) is 4.40. The van der Waals surface area contributed by atoms with Gasteiger partial charge in [0.2, 0.25) is 0 Å². The molecule has 0 heterocycles. The molecule has 190 valence electrons. The van der Waals surface area contributed by atoms with Gasteiger partial charge >= 0.3 is 33.6 Å². The molecule has 3 rings (SSSR count). The molecule has 0 spiro atoms. The van der Waals surface area contributed by atoms with Gasteiger partial charge in [0.25, 0.3) is 0 Å². The molecule has 0 amide bonds. The van der Waals surface area contributed by atoms with Gasteiger partial charge in [-0.1, -0.05) is 38.1 Å². The summed E-state index contributed by atoms with van der Waals surface area (Å²) in [4.78, 5) is -1.58. The highest BCUT2D eigenvalue weighted by atomic mass is 127. The predicted octanol–water partition coefficient (Wildman–Crippen LogP) is 3.57. The lowest BCUT2D eigenvalue weighted by Crippen LogP contribution is -3.61. The molecular formula is C24H21F6IO3S. The van der Waals surface area contributed by atoms with Crippen molar-refractivity contribution in [3.05, 3.63) is 96.1 Å². The van der Waals surface area contributed by atoms with Crippen LogP contribution < -0.4 is 21.2 Å². The first-order chi connectivity index (χ1) is 16.1. The number of benzene rings is 3.